The van der Waals surface area contributed by atoms with Crippen LogP contribution in [0.4, 0.5) is 0 Å². The minimum atomic E-state index is -0.566. The Bertz CT molecular complexity index is 843. The van der Waals surface area contributed by atoms with Crippen LogP contribution in [0.25, 0.3) is 0 Å². The van der Waals surface area contributed by atoms with Crippen molar-refractivity contribution in [3.8, 4) is 5.75 Å². The predicted molar refractivity (Wildman–Crippen MR) is 128 cm³/mol. The van der Waals surface area contributed by atoms with Gasteiger partial charge in [-0.1, -0.05) is 30.7 Å². The third-order valence-corrected chi connectivity index (χ3v) is 6.34. The summed E-state index contributed by atoms with van der Waals surface area (Å²) in [5.74, 6) is 1.19. The molecule has 0 spiro atoms. The van der Waals surface area contributed by atoms with E-state index < -0.39 is 6.04 Å². The van der Waals surface area contributed by atoms with E-state index in [1.54, 1.807) is 30.7 Å². The number of amides is 2. The molecule has 31 heavy (non-hydrogen) atoms. The molecule has 2 atom stereocenters. The molecule has 5 nitrogen and oxygen atoms in total. The van der Waals surface area contributed by atoms with Gasteiger partial charge in [-0.15, -0.1) is 11.8 Å². The van der Waals surface area contributed by atoms with Gasteiger partial charge < -0.3 is 15.0 Å². The largest absolute Gasteiger partial charge is 0.497 e. The second-order valence-electron chi connectivity index (χ2n) is 7.42. The van der Waals surface area contributed by atoms with Crippen LogP contribution in [0.3, 0.4) is 0 Å². The number of hydrogen-bond acceptors (Lipinski definition) is 4. The lowest BCUT2D eigenvalue weighted by Gasteiger charge is -2.29. The molecule has 2 aromatic carbocycles. The van der Waals surface area contributed by atoms with Gasteiger partial charge in [-0.2, -0.15) is 0 Å². The van der Waals surface area contributed by atoms with Crippen LogP contribution >= 0.6 is 23.4 Å². The van der Waals surface area contributed by atoms with Gasteiger partial charge in [0.15, 0.2) is 0 Å². The molecule has 0 saturated carbocycles. The van der Waals surface area contributed by atoms with Crippen molar-refractivity contribution in [2.24, 2.45) is 0 Å². The molecular weight excluding hydrogens is 432 g/mol. The van der Waals surface area contributed by atoms with Crippen LogP contribution in [0, 0.1) is 0 Å². The summed E-state index contributed by atoms with van der Waals surface area (Å²) in [6.07, 6.45) is 1.17. The second kappa shape index (κ2) is 12.6. The van der Waals surface area contributed by atoms with Gasteiger partial charge in [0.1, 0.15) is 11.8 Å². The molecule has 0 fully saturated rings. The van der Waals surface area contributed by atoms with E-state index in [-0.39, 0.29) is 17.9 Å². The molecule has 0 aliphatic rings. The monoisotopic (exact) mass is 462 g/mol. The number of carbonyl (C=O) groups excluding carboxylic acids is 2. The normalized spacial score (nSPS) is 12.7. The van der Waals surface area contributed by atoms with E-state index in [4.69, 9.17) is 16.3 Å². The summed E-state index contributed by atoms with van der Waals surface area (Å²) < 4.78 is 5.21. The highest BCUT2D eigenvalue weighted by atomic mass is 35.5. The Hall–Kier alpha value is -2.18. The maximum Gasteiger partial charge on any atom is 0.242 e. The van der Waals surface area contributed by atoms with Gasteiger partial charge in [0.25, 0.3) is 0 Å². The zero-order valence-electron chi connectivity index (χ0n) is 18.6. The molecule has 2 rings (SSSR count). The van der Waals surface area contributed by atoms with Gasteiger partial charge in [-0.05, 0) is 62.2 Å². The lowest BCUT2D eigenvalue weighted by atomic mass is 10.1. The fraction of sp³-hybridized carbons (Fsp3) is 0.417. The molecular formula is C24H31ClN2O3S. The number of methoxy groups -OCH3 is 1. The van der Waals surface area contributed by atoms with Crippen LogP contribution in [0.2, 0.25) is 5.02 Å². The van der Waals surface area contributed by atoms with Gasteiger partial charge in [-0.3, -0.25) is 9.59 Å². The van der Waals surface area contributed by atoms with Crippen LogP contribution in [-0.2, 0) is 16.1 Å². The molecule has 0 heterocycles. The van der Waals surface area contributed by atoms with E-state index in [2.05, 4.69) is 5.32 Å². The first-order valence-electron chi connectivity index (χ1n) is 10.4. The van der Waals surface area contributed by atoms with Crippen LogP contribution in [0.5, 0.6) is 5.75 Å². The number of rotatable bonds is 11. The Morgan fingerprint density at radius 1 is 1.10 bits per heavy atom. The molecule has 0 bridgehead atoms. The van der Waals surface area contributed by atoms with Gasteiger partial charge in [0.2, 0.25) is 11.8 Å². The molecule has 7 heteroatoms. The standard InChI is InChI=1S/C24H31ClN2O3S/c1-5-17(2)26-24(29)18(3)27(16-19-6-10-21(30-4)11-7-19)23(28)14-15-31-22-12-8-20(25)9-13-22/h6-13,17-18H,5,14-16H2,1-4H3,(H,26,29)/t17-,18-/m0/s1. The van der Waals surface area contributed by atoms with E-state index in [1.165, 1.54) is 0 Å². The zero-order chi connectivity index (χ0) is 22.8. The van der Waals surface area contributed by atoms with E-state index in [0.29, 0.717) is 23.7 Å². The summed E-state index contributed by atoms with van der Waals surface area (Å²) in [5, 5.41) is 3.67. The molecule has 0 radical (unpaired) electrons. The Morgan fingerprint density at radius 3 is 2.32 bits per heavy atom. The third-order valence-electron chi connectivity index (χ3n) is 5.08. The first-order chi connectivity index (χ1) is 14.8. The molecule has 168 valence electrons. The zero-order valence-corrected chi connectivity index (χ0v) is 20.1. The first kappa shape index (κ1) is 25.1. The summed E-state index contributed by atoms with van der Waals surface area (Å²) >= 11 is 7.53. The van der Waals surface area contributed by atoms with E-state index in [9.17, 15) is 9.59 Å². The smallest absolute Gasteiger partial charge is 0.242 e. The summed E-state index contributed by atoms with van der Waals surface area (Å²) in [6.45, 7) is 6.13. The predicted octanol–water partition coefficient (Wildman–Crippen LogP) is 5.16. The van der Waals surface area contributed by atoms with Gasteiger partial charge in [0, 0.05) is 34.7 Å². The van der Waals surface area contributed by atoms with Crippen molar-refractivity contribution in [1.82, 2.24) is 10.2 Å². The molecule has 0 aromatic heterocycles. The minimum Gasteiger partial charge on any atom is -0.497 e. The van der Waals surface area contributed by atoms with Crippen LogP contribution in [-0.4, -0.2) is 41.7 Å². The van der Waals surface area contributed by atoms with Gasteiger partial charge >= 0.3 is 0 Å². The molecule has 0 aliphatic carbocycles. The minimum absolute atomic E-state index is 0.0518. The van der Waals surface area contributed by atoms with Crippen molar-refractivity contribution < 1.29 is 14.3 Å². The topological polar surface area (TPSA) is 58.6 Å². The van der Waals surface area contributed by atoms with Gasteiger partial charge in [0.05, 0.1) is 7.11 Å². The van der Waals surface area contributed by atoms with Crippen molar-refractivity contribution in [3.05, 3.63) is 59.1 Å². The number of benzene rings is 2. The highest BCUT2D eigenvalue weighted by Gasteiger charge is 2.26. The van der Waals surface area contributed by atoms with E-state index >= 15 is 0 Å². The summed E-state index contributed by atoms with van der Waals surface area (Å²) in [7, 11) is 1.62. The molecule has 0 saturated heterocycles. The Kier molecular flexibility index (Phi) is 10.2. The number of thioether (sulfide) groups is 1. The quantitative estimate of drug-likeness (QED) is 0.468. The average Bonchev–Trinajstić information content (AvgIpc) is 2.78. The van der Waals surface area contributed by atoms with Crippen molar-refractivity contribution >= 4 is 35.2 Å². The van der Waals surface area contributed by atoms with Crippen LogP contribution in [0.15, 0.2) is 53.4 Å². The number of nitrogens with zero attached hydrogens (tertiary/aromatic N) is 1. The van der Waals surface area contributed by atoms with Gasteiger partial charge in [-0.25, -0.2) is 0 Å². The number of hydrogen-bond donors (Lipinski definition) is 1. The van der Waals surface area contributed by atoms with Crippen LogP contribution < -0.4 is 10.1 Å². The number of carbonyl (C=O) groups is 2. The average molecular weight is 463 g/mol. The summed E-state index contributed by atoms with van der Waals surface area (Å²) in [6, 6.07) is 14.6. The lowest BCUT2D eigenvalue weighted by molar-refractivity contribution is -0.140. The van der Waals surface area contributed by atoms with Crippen molar-refractivity contribution in [1.29, 1.82) is 0 Å². The number of ether oxygens (including phenoxy) is 1. The fourth-order valence-electron chi connectivity index (χ4n) is 2.91. The summed E-state index contributed by atoms with van der Waals surface area (Å²) in [5.41, 5.74) is 0.947. The SMILES string of the molecule is CC[C@H](C)NC(=O)[C@H](C)N(Cc1ccc(OC)cc1)C(=O)CCSc1ccc(Cl)cc1. The third kappa shape index (κ3) is 8.11. The molecule has 1 N–H and O–H groups in total. The number of nitrogens with one attached hydrogen (secondary N) is 1. The highest BCUT2D eigenvalue weighted by Crippen LogP contribution is 2.22. The fourth-order valence-corrected chi connectivity index (χ4v) is 3.87. The molecule has 2 aromatic rings. The Balaban J connectivity index is 2.07. The summed E-state index contributed by atoms with van der Waals surface area (Å²) in [4.78, 5) is 28.5. The second-order valence-corrected chi connectivity index (χ2v) is 9.02. The molecule has 2 amide bonds. The first-order valence-corrected chi connectivity index (χ1v) is 11.8. The van der Waals surface area contributed by atoms with Crippen LogP contribution in [0.1, 0.15) is 39.2 Å². The highest BCUT2D eigenvalue weighted by molar-refractivity contribution is 7.99. The van der Waals surface area contributed by atoms with E-state index in [0.717, 1.165) is 22.6 Å². The van der Waals surface area contributed by atoms with E-state index in [1.807, 2.05) is 62.4 Å². The Morgan fingerprint density at radius 2 is 1.74 bits per heavy atom. The molecule has 0 aliphatic heterocycles. The lowest BCUT2D eigenvalue weighted by Crippen LogP contribution is -2.49. The van der Waals surface area contributed by atoms with Crippen molar-refractivity contribution in [3.63, 3.8) is 0 Å². The number of halogens is 1. The van der Waals surface area contributed by atoms with Crippen molar-refractivity contribution in [2.75, 3.05) is 12.9 Å². The van der Waals surface area contributed by atoms with Crippen molar-refractivity contribution in [2.45, 2.75) is 57.1 Å². The Labute approximate surface area is 194 Å². The maximum absolute atomic E-state index is 13.1. The maximum atomic E-state index is 13.1. The molecule has 0 unspecified atom stereocenters.